The van der Waals surface area contributed by atoms with E-state index in [0.717, 1.165) is 49.0 Å². The van der Waals surface area contributed by atoms with Gasteiger partial charge in [-0.1, -0.05) is 12.1 Å². The molecule has 0 bridgehead atoms. The van der Waals surface area contributed by atoms with Gasteiger partial charge in [0.15, 0.2) is 5.75 Å². The minimum absolute atomic E-state index is 0.0373. The number of phenolic OH excluding ortho intramolecular Hbond substituents is 1. The molecular formula is C26H26FN3O3. The van der Waals surface area contributed by atoms with Crippen molar-refractivity contribution >= 4 is 27.6 Å². The van der Waals surface area contributed by atoms with Gasteiger partial charge in [0.1, 0.15) is 11.3 Å². The molecule has 1 aliphatic heterocycles. The second-order valence-corrected chi connectivity index (χ2v) is 8.84. The summed E-state index contributed by atoms with van der Waals surface area (Å²) in [5.74, 6) is -0.408. The average molecular weight is 448 g/mol. The Bertz CT molecular complexity index is 1360. The van der Waals surface area contributed by atoms with E-state index in [1.165, 1.54) is 16.7 Å². The highest BCUT2D eigenvalue weighted by molar-refractivity contribution is 6.10. The molecule has 3 heterocycles. The Balaban J connectivity index is 1.64. The van der Waals surface area contributed by atoms with Crippen LogP contribution in [-0.4, -0.2) is 43.7 Å². The largest absolute Gasteiger partial charge is 0.505 e. The fourth-order valence-corrected chi connectivity index (χ4v) is 4.80. The Morgan fingerprint density at radius 1 is 1.06 bits per heavy atom. The van der Waals surface area contributed by atoms with Crippen LogP contribution in [0.2, 0.25) is 0 Å². The van der Waals surface area contributed by atoms with Gasteiger partial charge in [0, 0.05) is 43.3 Å². The maximum Gasteiger partial charge on any atom is 0.227 e. The second-order valence-electron chi connectivity index (χ2n) is 8.84. The van der Waals surface area contributed by atoms with Gasteiger partial charge >= 0.3 is 0 Å². The van der Waals surface area contributed by atoms with Crippen molar-refractivity contribution in [3.63, 3.8) is 0 Å². The first-order valence-electron chi connectivity index (χ1n) is 11.2. The molecule has 5 rings (SSSR count). The van der Waals surface area contributed by atoms with Crippen molar-refractivity contribution in [1.29, 1.82) is 0 Å². The zero-order valence-corrected chi connectivity index (χ0v) is 18.5. The maximum absolute atomic E-state index is 13.3. The number of fused-ring (bicyclic) bond motifs is 2. The van der Waals surface area contributed by atoms with E-state index < -0.39 is 0 Å². The molecule has 1 aliphatic rings. The molecule has 1 amide bonds. The summed E-state index contributed by atoms with van der Waals surface area (Å²) in [6.45, 7) is 1.51. The molecule has 33 heavy (non-hydrogen) atoms. The molecule has 2 N–H and O–H groups in total. The average Bonchev–Trinajstić information content (AvgIpc) is 3.13. The molecule has 1 fully saturated rings. The van der Waals surface area contributed by atoms with E-state index in [9.17, 15) is 19.4 Å². The van der Waals surface area contributed by atoms with Crippen LogP contribution in [-0.2, 0) is 24.7 Å². The number of piperidine rings is 1. The SMILES string of the molecule is Cn1cc2c(CC(=O)N3CCCCC3)c3cc(Cc4ccc(F)cc4)cnc3c(O)c2c1O. The number of phenols is 1. The Morgan fingerprint density at radius 2 is 1.79 bits per heavy atom. The van der Waals surface area contributed by atoms with E-state index in [-0.39, 0.29) is 29.8 Å². The number of carbonyl (C=O) groups is 1. The monoisotopic (exact) mass is 447 g/mol. The smallest absolute Gasteiger partial charge is 0.227 e. The molecule has 0 unspecified atom stereocenters. The Morgan fingerprint density at radius 3 is 2.52 bits per heavy atom. The first-order chi connectivity index (χ1) is 15.9. The third-order valence-corrected chi connectivity index (χ3v) is 6.56. The van der Waals surface area contributed by atoms with Gasteiger partial charge in [-0.25, -0.2) is 4.39 Å². The lowest BCUT2D eigenvalue weighted by molar-refractivity contribution is -0.131. The van der Waals surface area contributed by atoms with Crippen LogP contribution in [0.3, 0.4) is 0 Å². The number of amides is 1. The molecule has 7 heteroatoms. The molecule has 1 saturated heterocycles. The number of carbonyl (C=O) groups excluding carboxylic acids is 1. The van der Waals surface area contributed by atoms with Crippen LogP contribution in [0.15, 0.2) is 42.7 Å². The summed E-state index contributed by atoms with van der Waals surface area (Å²) >= 11 is 0. The molecule has 170 valence electrons. The molecule has 4 aromatic rings. The summed E-state index contributed by atoms with van der Waals surface area (Å²) in [6, 6.07) is 8.25. The highest BCUT2D eigenvalue weighted by atomic mass is 19.1. The van der Waals surface area contributed by atoms with Gasteiger partial charge in [0.05, 0.1) is 11.8 Å². The highest BCUT2D eigenvalue weighted by Gasteiger charge is 2.24. The van der Waals surface area contributed by atoms with E-state index in [4.69, 9.17) is 0 Å². The van der Waals surface area contributed by atoms with Gasteiger partial charge in [-0.05, 0) is 60.6 Å². The van der Waals surface area contributed by atoms with E-state index in [0.29, 0.717) is 28.1 Å². The van der Waals surface area contributed by atoms with E-state index in [2.05, 4.69) is 4.98 Å². The first kappa shape index (κ1) is 21.2. The summed E-state index contributed by atoms with van der Waals surface area (Å²) in [5, 5.41) is 23.2. The number of aromatic nitrogens is 2. The third-order valence-electron chi connectivity index (χ3n) is 6.56. The summed E-state index contributed by atoms with van der Waals surface area (Å²) in [7, 11) is 1.70. The zero-order valence-electron chi connectivity index (χ0n) is 18.5. The van der Waals surface area contributed by atoms with Crippen LogP contribution >= 0.6 is 0 Å². The fourth-order valence-electron chi connectivity index (χ4n) is 4.80. The predicted molar refractivity (Wildman–Crippen MR) is 125 cm³/mol. The summed E-state index contributed by atoms with van der Waals surface area (Å²) in [4.78, 5) is 19.6. The van der Waals surface area contributed by atoms with Crippen LogP contribution in [0, 0.1) is 5.82 Å². The summed E-state index contributed by atoms with van der Waals surface area (Å²) in [6.07, 6.45) is 7.28. The van der Waals surface area contributed by atoms with Crippen molar-refractivity contribution in [2.75, 3.05) is 13.1 Å². The lowest BCUT2D eigenvalue weighted by Crippen LogP contribution is -2.36. The molecule has 2 aromatic heterocycles. The van der Waals surface area contributed by atoms with Crippen LogP contribution in [0.5, 0.6) is 11.6 Å². The van der Waals surface area contributed by atoms with Crippen molar-refractivity contribution in [3.8, 4) is 11.6 Å². The molecule has 0 aliphatic carbocycles. The zero-order chi connectivity index (χ0) is 23.1. The molecule has 0 radical (unpaired) electrons. The van der Waals surface area contributed by atoms with Gasteiger partial charge in [0.25, 0.3) is 0 Å². The standard InChI is InChI=1S/C26H26FN3O3/c1-29-15-21-19(13-22(31)30-9-3-2-4-10-30)20-12-17(11-16-5-7-18(27)8-6-16)14-28-24(20)25(32)23(21)26(29)33/h5-8,12,14-15,32-33H,2-4,9-11,13H2,1H3. The van der Waals surface area contributed by atoms with Crippen molar-refractivity contribution in [3.05, 3.63) is 65.2 Å². The van der Waals surface area contributed by atoms with Crippen LogP contribution in [0.4, 0.5) is 4.39 Å². The number of halogens is 1. The minimum Gasteiger partial charge on any atom is -0.505 e. The second kappa shape index (κ2) is 8.39. The van der Waals surface area contributed by atoms with Gasteiger partial charge in [0.2, 0.25) is 11.8 Å². The summed E-state index contributed by atoms with van der Waals surface area (Å²) in [5.41, 5.74) is 2.93. The number of hydrogen-bond donors (Lipinski definition) is 2. The minimum atomic E-state index is -0.287. The van der Waals surface area contributed by atoms with E-state index in [1.54, 1.807) is 31.6 Å². The van der Waals surface area contributed by atoms with Crippen molar-refractivity contribution < 1.29 is 19.4 Å². The number of hydrogen-bond acceptors (Lipinski definition) is 4. The summed E-state index contributed by atoms with van der Waals surface area (Å²) < 4.78 is 14.8. The highest BCUT2D eigenvalue weighted by Crippen LogP contribution is 2.42. The lowest BCUT2D eigenvalue weighted by atomic mass is 9.95. The van der Waals surface area contributed by atoms with Crippen LogP contribution < -0.4 is 0 Å². The van der Waals surface area contributed by atoms with Crippen molar-refractivity contribution in [2.24, 2.45) is 7.05 Å². The van der Waals surface area contributed by atoms with Crippen molar-refractivity contribution in [1.82, 2.24) is 14.5 Å². The van der Waals surface area contributed by atoms with Gasteiger partial charge < -0.3 is 19.7 Å². The normalized spacial score (nSPS) is 14.3. The number of aryl methyl sites for hydroxylation is 1. The quantitative estimate of drug-likeness (QED) is 0.485. The van der Waals surface area contributed by atoms with Gasteiger partial charge in [-0.2, -0.15) is 0 Å². The number of benzene rings is 2. The van der Waals surface area contributed by atoms with Gasteiger partial charge in [-0.15, -0.1) is 0 Å². The van der Waals surface area contributed by atoms with Gasteiger partial charge in [-0.3, -0.25) is 9.78 Å². The maximum atomic E-state index is 13.3. The fraction of sp³-hybridized carbons (Fsp3) is 0.308. The number of rotatable bonds is 4. The molecule has 6 nitrogen and oxygen atoms in total. The lowest BCUT2D eigenvalue weighted by Gasteiger charge is -2.27. The van der Waals surface area contributed by atoms with E-state index in [1.807, 2.05) is 11.0 Å². The van der Waals surface area contributed by atoms with E-state index >= 15 is 0 Å². The Hall–Kier alpha value is -3.61. The van der Waals surface area contributed by atoms with Crippen LogP contribution in [0.25, 0.3) is 21.7 Å². The first-order valence-corrected chi connectivity index (χ1v) is 11.2. The number of nitrogens with zero attached hydrogens (tertiary/aromatic N) is 3. The molecule has 0 atom stereocenters. The topological polar surface area (TPSA) is 78.6 Å². The number of likely N-dealkylation sites (tertiary alicyclic amines) is 1. The Kier molecular flexibility index (Phi) is 5.40. The molecule has 0 spiro atoms. The number of pyridine rings is 1. The van der Waals surface area contributed by atoms with Crippen LogP contribution in [0.1, 0.15) is 36.0 Å². The molecular weight excluding hydrogens is 421 g/mol. The van der Waals surface area contributed by atoms with Crippen molar-refractivity contribution in [2.45, 2.75) is 32.1 Å². The number of aromatic hydroxyl groups is 2. The Labute approximate surface area is 190 Å². The predicted octanol–water partition coefficient (Wildman–Crippen LogP) is 4.42. The third kappa shape index (κ3) is 3.88. The molecule has 2 aromatic carbocycles. The molecule has 0 saturated carbocycles.